The molecule has 6 heteroatoms. The van der Waals surface area contributed by atoms with Crippen LogP contribution in [0.2, 0.25) is 5.02 Å². The number of aliphatic hydroxyl groups is 1. The molecule has 2 N–H and O–H groups in total. The second-order valence-corrected chi connectivity index (χ2v) is 8.28. The lowest BCUT2D eigenvalue weighted by atomic mass is 10.1. The molecule has 1 aromatic carbocycles. The van der Waals surface area contributed by atoms with Crippen molar-refractivity contribution in [1.29, 1.82) is 0 Å². The van der Waals surface area contributed by atoms with Gasteiger partial charge in [-0.2, -0.15) is 0 Å². The topological polar surface area (TPSA) is 44.7 Å². The van der Waals surface area contributed by atoms with Crippen LogP contribution < -0.4 is 10.1 Å². The Balaban J connectivity index is 1.50. The first kappa shape index (κ1) is 17.4. The monoisotopic (exact) mass is 356 g/mol. The normalized spacial score (nSPS) is 26.8. The lowest BCUT2D eigenvalue weighted by Crippen LogP contribution is -2.30. The number of hydrogen-bond donors (Lipinski definition) is 2. The predicted octanol–water partition coefficient (Wildman–Crippen LogP) is 2.38. The van der Waals surface area contributed by atoms with Gasteiger partial charge in [0.1, 0.15) is 5.75 Å². The average molecular weight is 357 g/mol. The number of benzene rings is 1. The lowest BCUT2D eigenvalue weighted by molar-refractivity contribution is 0.292. The molecule has 0 aliphatic carbocycles. The maximum absolute atomic E-state index is 8.84. The Morgan fingerprint density at radius 2 is 2.39 bits per heavy atom. The summed E-state index contributed by atoms with van der Waals surface area (Å²) in [6, 6.07) is 6.11. The summed E-state index contributed by atoms with van der Waals surface area (Å²) in [4.78, 5) is 2.52. The molecule has 2 atom stereocenters. The van der Waals surface area contributed by atoms with Crippen LogP contribution in [0, 0.1) is 0 Å². The molecule has 4 nitrogen and oxygen atoms in total. The van der Waals surface area contributed by atoms with Gasteiger partial charge < -0.3 is 15.2 Å². The molecule has 2 aliphatic rings. The van der Waals surface area contributed by atoms with E-state index in [1.165, 1.54) is 12.0 Å². The zero-order valence-electron chi connectivity index (χ0n) is 13.6. The highest BCUT2D eigenvalue weighted by Gasteiger charge is 2.57. The summed E-state index contributed by atoms with van der Waals surface area (Å²) >= 11 is 8.37. The summed E-state index contributed by atoms with van der Waals surface area (Å²) < 4.78 is 5.93. The molecule has 0 aromatic heterocycles. The third-order valence-electron chi connectivity index (χ3n) is 4.57. The first-order valence-corrected chi connectivity index (χ1v) is 9.55. The van der Waals surface area contributed by atoms with Crippen molar-refractivity contribution >= 4 is 23.4 Å². The quantitative estimate of drug-likeness (QED) is 0.553. The van der Waals surface area contributed by atoms with Gasteiger partial charge in [-0.05, 0) is 37.6 Å². The molecule has 1 aromatic rings. The van der Waals surface area contributed by atoms with Crippen LogP contribution in [-0.4, -0.2) is 59.4 Å². The van der Waals surface area contributed by atoms with E-state index >= 15 is 0 Å². The molecule has 3 rings (SSSR count). The molecule has 0 amide bonds. The van der Waals surface area contributed by atoms with Crippen LogP contribution in [0.3, 0.4) is 0 Å². The summed E-state index contributed by atoms with van der Waals surface area (Å²) in [6.45, 7) is 7.77. The minimum Gasteiger partial charge on any atom is -0.492 e. The smallest absolute Gasteiger partial charge is 0.137 e. The highest BCUT2D eigenvalue weighted by atomic mass is 35.5. The molecule has 128 valence electrons. The summed E-state index contributed by atoms with van der Waals surface area (Å²) in [7, 11) is 0. The van der Waals surface area contributed by atoms with E-state index in [1.54, 1.807) is 0 Å². The minimum atomic E-state index is 0.217. The van der Waals surface area contributed by atoms with Gasteiger partial charge in [-0.25, -0.2) is 0 Å². The molecule has 2 saturated heterocycles. The summed E-state index contributed by atoms with van der Waals surface area (Å²) in [6.07, 6.45) is 1.26. The number of hydrogen-bond acceptors (Lipinski definition) is 5. The molecule has 1 spiro atoms. The van der Waals surface area contributed by atoms with Crippen LogP contribution in [0.25, 0.3) is 0 Å². The molecule has 0 radical (unpaired) electrons. The number of aliphatic hydroxyl groups excluding tert-OH is 1. The van der Waals surface area contributed by atoms with E-state index in [2.05, 4.69) is 28.0 Å². The lowest BCUT2D eigenvalue weighted by Gasteiger charge is -2.16. The highest BCUT2D eigenvalue weighted by molar-refractivity contribution is 8.08. The molecular formula is C17H25ClN2O2S. The van der Waals surface area contributed by atoms with Crippen LogP contribution in [-0.2, 0) is 6.54 Å². The van der Waals surface area contributed by atoms with Gasteiger partial charge in [0, 0.05) is 36.2 Å². The average Bonchev–Trinajstić information content (AvgIpc) is 3.03. The van der Waals surface area contributed by atoms with Gasteiger partial charge in [0.2, 0.25) is 0 Å². The van der Waals surface area contributed by atoms with Crippen molar-refractivity contribution in [3.05, 3.63) is 28.8 Å². The predicted molar refractivity (Wildman–Crippen MR) is 96.6 cm³/mol. The number of likely N-dealkylation sites (tertiary alicyclic amines) is 1. The van der Waals surface area contributed by atoms with Crippen molar-refractivity contribution in [3.8, 4) is 5.75 Å². The number of nitrogens with one attached hydrogen (secondary N) is 1. The highest BCUT2D eigenvalue weighted by Crippen LogP contribution is 2.58. The first-order valence-electron chi connectivity index (χ1n) is 8.30. The van der Waals surface area contributed by atoms with Crippen molar-refractivity contribution < 1.29 is 9.84 Å². The number of thioether (sulfide) groups is 1. The van der Waals surface area contributed by atoms with Gasteiger partial charge in [-0.3, -0.25) is 4.90 Å². The Labute approximate surface area is 147 Å². The van der Waals surface area contributed by atoms with Gasteiger partial charge in [-0.1, -0.05) is 17.7 Å². The van der Waals surface area contributed by atoms with Gasteiger partial charge in [0.05, 0.1) is 18.2 Å². The van der Waals surface area contributed by atoms with Crippen LogP contribution in [0.4, 0.5) is 0 Å². The SMILES string of the molecule is CCOc1ccc(CN2CC[C@@]3(C2)S[C@@H]3CNCCO)cc1Cl. The van der Waals surface area contributed by atoms with Crippen molar-refractivity contribution in [1.82, 2.24) is 10.2 Å². The van der Waals surface area contributed by atoms with E-state index in [0.717, 1.165) is 31.9 Å². The maximum atomic E-state index is 8.84. The van der Waals surface area contributed by atoms with Crippen LogP contribution >= 0.6 is 23.4 Å². The summed E-state index contributed by atoms with van der Waals surface area (Å²) in [5, 5.41) is 13.6. The molecule has 0 saturated carbocycles. The number of rotatable bonds is 8. The maximum Gasteiger partial charge on any atom is 0.137 e. The second-order valence-electron chi connectivity index (χ2n) is 6.26. The fourth-order valence-corrected chi connectivity index (χ4v) is 5.04. The van der Waals surface area contributed by atoms with E-state index in [0.29, 0.717) is 28.2 Å². The van der Waals surface area contributed by atoms with E-state index in [9.17, 15) is 0 Å². The Kier molecular flexibility index (Phi) is 5.75. The third kappa shape index (κ3) is 4.15. The van der Waals surface area contributed by atoms with Gasteiger partial charge in [0.25, 0.3) is 0 Å². The third-order valence-corrected chi connectivity index (χ3v) is 6.60. The summed E-state index contributed by atoms with van der Waals surface area (Å²) in [5.74, 6) is 0.767. The Hall–Kier alpha value is -0.460. The van der Waals surface area contributed by atoms with Crippen molar-refractivity contribution in [2.45, 2.75) is 29.9 Å². The Morgan fingerprint density at radius 3 is 3.13 bits per heavy atom. The minimum absolute atomic E-state index is 0.217. The number of nitrogens with zero attached hydrogens (tertiary/aromatic N) is 1. The van der Waals surface area contributed by atoms with Crippen LogP contribution in [0.15, 0.2) is 18.2 Å². The molecule has 23 heavy (non-hydrogen) atoms. The fourth-order valence-electron chi connectivity index (χ4n) is 3.34. The standard InChI is InChI=1S/C17H25ClN2O2S/c1-2-22-15-4-3-13(9-14(15)18)11-20-7-5-17(12-20)16(23-17)10-19-6-8-21/h3-4,9,16,19,21H,2,5-8,10-12H2,1H3/t16-,17+/m1/s1. The molecular weight excluding hydrogens is 332 g/mol. The van der Waals surface area contributed by atoms with E-state index in [-0.39, 0.29) is 6.61 Å². The largest absolute Gasteiger partial charge is 0.492 e. The van der Waals surface area contributed by atoms with Crippen LogP contribution in [0.1, 0.15) is 18.9 Å². The molecule has 2 heterocycles. The Morgan fingerprint density at radius 1 is 1.52 bits per heavy atom. The van der Waals surface area contributed by atoms with Crippen LogP contribution in [0.5, 0.6) is 5.75 Å². The molecule has 2 aliphatic heterocycles. The van der Waals surface area contributed by atoms with E-state index < -0.39 is 0 Å². The Bertz CT molecular complexity index is 545. The zero-order valence-corrected chi connectivity index (χ0v) is 15.1. The summed E-state index contributed by atoms with van der Waals surface area (Å²) in [5.41, 5.74) is 1.25. The van der Waals surface area contributed by atoms with Gasteiger partial charge >= 0.3 is 0 Å². The van der Waals surface area contributed by atoms with Gasteiger partial charge in [-0.15, -0.1) is 11.8 Å². The fraction of sp³-hybridized carbons (Fsp3) is 0.647. The van der Waals surface area contributed by atoms with Crippen molar-refractivity contribution in [2.24, 2.45) is 0 Å². The molecule has 2 fully saturated rings. The first-order chi connectivity index (χ1) is 11.2. The van der Waals surface area contributed by atoms with Gasteiger partial charge in [0.15, 0.2) is 0 Å². The molecule has 0 unspecified atom stereocenters. The number of halogens is 1. The molecule has 0 bridgehead atoms. The zero-order chi connectivity index (χ0) is 16.3. The van der Waals surface area contributed by atoms with Crippen molar-refractivity contribution in [2.75, 3.05) is 39.4 Å². The van der Waals surface area contributed by atoms with Crippen molar-refractivity contribution in [3.63, 3.8) is 0 Å². The van der Waals surface area contributed by atoms with E-state index in [4.69, 9.17) is 21.4 Å². The number of ether oxygens (including phenoxy) is 1. The van der Waals surface area contributed by atoms with E-state index in [1.807, 2.05) is 19.1 Å². The second kappa shape index (κ2) is 7.62.